The molecule has 0 fully saturated rings. The predicted octanol–water partition coefficient (Wildman–Crippen LogP) is 1.34. The molecule has 1 aromatic carbocycles. The molecule has 12 heavy (non-hydrogen) atoms. The van der Waals surface area contributed by atoms with E-state index in [9.17, 15) is 0 Å². The molecule has 0 unspecified atom stereocenters. The molecule has 4 heteroatoms. The SMILES string of the molecule is NCc1cccc2sc(N)nc12. The summed E-state index contributed by atoms with van der Waals surface area (Å²) in [6, 6.07) is 5.95. The van der Waals surface area contributed by atoms with Crippen LogP contribution in [0.4, 0.5) is 5.13 Å². The second kappa shape index (κ2) is 2.73. The topological polar surface area (TPSA) is 64.9 Å². The van der Waals surface area contributed by atoms with Crippen LogP contribution in [0.3, 0.4) is 0 Å². The molecule has 0 radical (unpaired) electrons. The van der Waals surface area contributed by atoms with Crippen LogP contribution in [-0.4, -0.2) is 4.98 Å². The van der Waals surface area contributed by atoms with E-state index in [0.717, 1.165) is 15.8 Å². The van der Waals surface area contributed by atoms with E-state index >= 15 is 0 Å². The van der Waals surface area contributed by atoms with Crippen molar-refractivity contribution in [3.05, 3.63) is 23.8 Å². The van der Waals surface area contributed by atoms with Crippen molar-refractivity contribution in [2.24, 2.45) is 5.73 Å². The molecular weight excluding hydrogens is 170 g/mol. The van der Waals surface area contributed by atoms with Gasteiger partial charge in [-0.3, -0.25) is 0 Å². The monoisotopic (exact) mass is 179 g/mol. The largest absolute Gasteiger partial charge is 0.375 e. The fourth-order valence-corrected chi connectivity index (χ4v) is 1.97. The predicted molar refractivity (Wildman–Crippen MR) is 51.9 cm³/mol. The molecule has 0 saturated heterocycles. The zero-order chi connectivity index (χ0) is 8.55. The molecule has 0 aliphatic rings. The first-order chi connectivity index (χ1) is 5.81. The smallest absolute Gasteiger partial charge is 0.181 e. The van der Waals surface area contributed by atoms with E-state index in [2.05, 4.69) is 4.98 Å². The first kappa shape index (κ1) is 7.52. The van der Waals surface area contributed by atoms with Crippen LogP contribution in [0.2, 0.25) is 0 Å². The number of nitrogen functional groups attached to an aromatic ring is 1. The number of rotatable bonds is 1. The number of nitrogens with zero attached hydrogens (tertiary/aromatic N) is 1. The molecule has 2 aromatic rings. The van der Waals surface area contributed by atoms with Gasteiger partial charge in [-0.15, -0.1) is 0 Å². The summed E-state index contributed by atoms with van der Waals surface area (Å²) in [5.74, 6) is 0. The zero-order valence-electron chi connectivity index (χ0n) is 6.45. The summed E-state index contributed by atoms with van der Waals surface area (Å²) in [5.41, 5.74) is 13.1. The Hall–Kier alpha value is -1.13. The van der Waals surface area contributed by atoms with E-state index in [1.54, 1.807) is 0 Å². The summed E-state index contributed by atoms with van der Waals surface area (Å²) < 4.78 is 1.11. The molecule has 0 aliphatic heterocycles. The maximum absolute atomic E-state index is 5.58. The van der Waals surface area contributed by atoms with Crippen LogP contribution in [0.1, 0.15) is 5.56 Å². The van der Waals surface area contributed by atoms with Gasteiger partial charge in [0.1, 0.15) is 0 Å². The van der Waals surface area contributed by atoms with E-state index in [-0.39, 0.29) is 0 Å². The highest BCUT2D eigenvalue weighted by atomic mass is 32.1. The fourth-order valence-electron chi connectivity index (χ4n) is 1.19. The van der Waals surface area contributed by atoms with Crippen molar-refractivity contribution in [3.8, 4) is 0 Å². The van der Waals surface area contributed by atoms with E-state index in [4.69, 9.17) is 11.5 Å². The van der Waals surface area contributed by atoms with Crippen LogP contribution in [0.15, 0.2) is 18.2 Å². The van der Waals surface area contributed by atoms with Gasteiger partial charge >= 0.3 is 0 Å². The van der Waals surface area contributed by atoms with Crippen LogP contribution < -0.4 is 11.5 Å². The van der Waals surface area contributed by atoms with Gasteiger partial charge in [-0.1, -0.05) is 23.5 Å². The van der Waals surface area contributed by atoms with Crippen LogP contribution in [0.25, 0.3) is 10.2 Å². The highest BCUT2D eigenvalue weighted by molar-refractivity contribution is 7.22. The highest BCUT2D eigenvalue weighted by Crippen LogP contribution is 2.25. The molecule has 0 bridgehead atoms. The molecule has 1 heterocycles. The molecule has 3 nitrogen and oxygen atoms in total. The van der Waals surface area contributed by atoms with Crippen LogP contribution in [-0.2, 0) is 6.54 Å². The van der Waals surface area contributed by atoms with E-state index < -0.39 is 0 Å². The van der Waals surface area contributed by atoms with Gasteiger partial charge in [0.2, 0.25) is 0 Å². The minimum atomic E-state index is 0.514. The Balaban J connectivity index is 2.78. The molecule has 1 aromatic heterocycles. The molecule has 2 rings (SSSR count). The molecule has 0 atom stereocenters. The van der Waals surface area contributed by atoms with Crippen molar-refractivity contribution < 1.29 is 0 Å². The molecule has 0 aliphatic carbocycles. The second-order valence-corrected chi connectivity index (χ2v) is 3.58. The highest BCUT2D eigenvalue weighted by Gasteiger charge is 2.03. The maximum Gasteiger partial charge on any atom is 0.181 e. The Kier molecular flexibility index (Phi) is 1.71. The zero-order valence-corrected chi connectivity index (χ0v) is 7.27. The Morgan fingerprint density at radius 1 is 1.42 bits per heavy atom. The van der Waals surface area contributed by atoms with E-state index in [1.165, 1.54) is 11.3 Å². The van der Waals surface area contributed by atoms with Crippen LogP contribution in [0.5, 0.6) is 0 Å². The summed E-state index contributed by atoms with van der Waals surface area (Å²) in [5, 5.41) is 0.603. The molecule has 0 spiro atoms. The number of nitrogens with two attached hydrogens (primary N) is 2. The number of anilines is 1. The normalized spacial score (nSPS) is 10.8. The first-order valence-electron chi connectivity index (χ1n) is 3.65. The summed E-state index contributed by atoms with van der Waals surface area (Å²) in [6.45, 7) is 0.514. The van der Waals surface area contributed by atoms with Gasteiger partial charge in [0.15, 0.2) is 5.13 Å². The summed E-state index contributed by atoms with van der Waals surface area (Å²) >= 11 is 1.49. The molecular formula is C8H9N3S. The summed E-state index contributed by atoms with van der Waals surface area (Å²) in [6.07, 6.45) is 0. The summed E-state index contributed by atoms with van der Waals surface area (Å²) in [7, 11) is 0. The van der Waals surface area contributed by atoms with Crippen LogP contribution in [0, 0.1) is 0 Å². The van der Waals surface area contributed by atoms with Gasteiger partial charge in [-0.2, -0.15) is 0 Å². The number of thiazole rings is 1. The minimum Gasteiger partial charge on any atom is -0.375 e. The Morgan fingerprint density at radius 3 is 3.00 bits per heavy atom. The second-order valence-electron chi connectivity index (χ2n) is 2.52. The maximum atomic E-state index is 5.58. The average molecular weight is 179 g/mol. The number of hydrogen-bond donors (Lipinski definition) is 2. The first-order valence-corrected chi connectivity index (χ1v) is 4.47. The molecule has 4 N–H and O–H groups in total. The lowest BCUT2D eigenvalue weighted by molar-refractivity contribution is 1.08. The minimum absolute atomic E-state index is 0.514. The quantitative estimate of drug-likeness (QED) is 0.694. The van der Waals surface area contributed by atoms with Crippen molar-refractivity contribution >= 4 is 26.7 Å². The van der Waals surface area contributed by atoms with Gasteiger partial charge in [-0.05, 0) is 11.6 Å². The lowest BCUT2D eigenvalue weighted by atomic mass is 10.2. The van der Waals surface area contributed by atoms with Crippen LogP contribution >= 0.6 is 11.3 Å². The number of hydrogen-bond acceptors (Lipinski definition) is 4. The molecule has 62 valence electrons. The van der Waals surface area contributed by atoms with Gasteiger partial charge in [0, 0.05) is 6.54 Å². The van der Waals surface area contributed by atoms with Gasteiger partial charge in [-0.25, -0.2) is 4.98 Å². The number of para-hydroxylation sites is 1. The van der Waals surface area contributed by atoms with Crippen molar-refractivity contribution in [1.29, 1.82) is 0 Å². The lowest BCUT2D eigenvalue weighted by Crippen LogP contribution is -1.96. The Labute approximate surface area is 74.0 Å². The van der Waals surface area contributed by atoms with Gasteiger partial charge in [0.25, 0.3) is 0 Å². The summed E-state index contributed by atoms with van der Waals surface area (Å²) in [4.78, 5) is 4.20. The number of aromatic nitrogens is 1. The Bertz CT molecular complexity index is 408. The standard InChI is InChI=1S/C8H9N3S/c9-4-5-2-1-3-6-7(5)11-8(10)12-6/h1-3H,4,9H2,(H2,10,11). The fraction of sp³-hybridized carbons (Fsp3) is 0.125. The van der Waals surface area contributed by atoms with E-state index in [0.29, 0.717) is 11.7 Å². The average Bonchev–Trinajstić information content (AvgIpc) is 2.44. The van der Waals surface area contributed by atoms with Crippen molar-refractivity contribution in [2.45, 2.75) is 6.54 Å². The van der Waals surface area contributed by atoms with Gasteiger partial charge < -0.3 is 11.5 Å². The third-order valence-electron chi connectivity index (χ3n) is 1.74. The van der Waals surface area contributed by atoms with E-state index in [1.807, 2.05) is 18.2 Å². The third kappa shape index (κ3) is 1.05. The molecule has 0 amide bonds. The molecule has 0 saturated carbocycles. The lowest BCUT2D eigenvalue weighted by Gasteiger charge is -1.95. The number of fused-ring (bicyclic) bond motifs is 1. The number of benzene rings is 1. The van der Waals surface area contributed by atoms with Crippen molar-refractivity contribution in [2.75, 3.05) is 5.73 Å². The van der Waals surface area contributed by atoms with Crippen molar-refractivity contribution in [1.82, 2.24) is 4.98 Å². The Morgan fingerprint density at radius 2 is 2.25 bits per heavy atom. The third-order valence-corrected chi connectivity index (χ3v) is 2.59. The van der Waals surface area contributed by atoms with Gasteiger partial charge in [0.05, 0.1) is 10.2 Å². The van der Waals surface area contributed by atoms with Crippen molar-refractivity contribution in [3.63, 3.8) is 0 Å².